The molecule has 1 aliphatic rings. The summed E-state index contributed by atoms with van der Waals surface area (Å²) in [6.07, 6.45) is 5.20. The molecule has 0 saturated heterocycles. The van der Waals surface area contributed by atoms with Crippen LogP contribution in [0.5, 0.6) is 0 Å². The van der Waals surface area contributed by atoms with E-state index in [0.29, 0.717) is 18.5 Å². The van der Waals surface area contributed by atoms with Gasteiger partial charge < -0.3 is 9.84 Å². The number of nitrogens with zero attached hydrogens (tertiary/aromatic N) is 2. The van der Waals surface area contributed by atoms with Crippen LogP contribution in [0.1, 0.15) is 52.8 Å². The lowest BCUT2D eigenvalue weighted by Gasteiger charge is -2.09. The molecule has 1 aliphatic carbocycles. The smallest absolute Gasteiger partial charge is 0.223 e. The minimum atomic E-state index is 0.342. The zero-order chi connectivity index (χ0) is 13.2. The lowest BCUT2D eigenvalue weighted by molar-refractivity contribution is 0.384. The van der Waals surface area contributed by atoms with Crippen LogP contribution in [0.25, 0.3) is 0 Å². The molecule has 2 heterocycles. The molecule has 0 spiro atoms. The highest BCUT2D eigenvalue weighted by atomic mass is 32.1. The zero-order valence-corrected chi connectivity index (χ0v) is 12.2. The van der Waals surface area contributed by atoms with Gasteiger partial charge in [-0.05, 0) is 44.2 Å². The highest BCUT2D eigenvalue weighted by molar-refractivity contribution is 7.12. The van der Waals surface area contributed by atoms with E-state index in [1.165, 1.54) is 30.6 Å². The van der Waals surface area contributed by atoms with E-state index >= 15 is 0 Å². The molecule has 0 aliphatic heterocycles. The van der Waals surface area contributed by atoms with Crippen molar-refractivity contribution in [3.05, 3.63) is 33.1 Å². The Kier molecular flexibility index (Phi) is 3.66. The Morgan fingerprint density at radius 1 is 1.42 bits per heavy atom. The van der Waals surface area contributed by atoms with Gasteiger partial charge in [0.1, 0.15) is 0 Å². The van der Waals surface area contributed by atoms with Crippen LogP contribution in [0.4, 0.5) is 0 Å². The number of nitrogens with one attached hydrogen (secondary N) is 1. The SMILES string of the molecule is Cc1nc(CNC(C)c2cc3c(s2)CCCC3)no1. The van der Waals surface area contributed by atoms with Crippen molar-refractivity contribution in [2.24, 2.45) is 0 Å². The molecule has 0 saturated carbocycles. The van der Waals surface area contributed by atoms with Crippen molar-refractivity contribution in [2.45, 2.75) is 52.1 Å². The van der Waals surface area contributed by atoms with Crippen molar-refractivity contribution in [2.75, 3.05) is 0 Å². The summed E-state index contributed by atoms with van der Waals surface area (Å²) in [4.78, 5) is 7.22. The van der Waals surface area contributed by atoms with Gasteiger partial charge in [-0.15, -0.1) is 11.3 Å². The number of aryl methyl sites for hydroxylation is 3. The number of aromatic nitrogens is 2. The molecule has 3 rings (SSSR count). The summed E-state index contributed by atoms with van der Waals surface area (Å²) >= 11 is 1.96. The molecule has 0 aromatic carbocycles. The van der Waals surface area contributed by atoms with E-state index in [9.17, 15) is 0 Å². The summed E-state index contributed by atoms with van der Waals surface area (Å²) in [5.41, 5.74) is 1.57. The van der Waals surface area contributed by atoms with Gasteiger partial charge in [-0.1, -0.05) is 5.16 Å². The maximum absolute atomic E-state index is 4.97. The lowest BCUT2D eigenvalue weighted by atomic mass is 9.99. The second kappa shape index (κ2) is 5.43. The zero-order valence-electron chi connectivity index (χ0n) is 11.4. The van der Waals surface area contributed by atoms with Gasteiger partial charge in [0.15, 0.2) is 5.82 Å². The van der Waals surface area contributed by atoms with Crippen molar-refractivity contribution in [3.63, 3.8) is 0 Å². The van der Waals surface area contributed by atoms with E-state index in [2.05, 4.69) is 28.4 Å². The Bertz CT molecular complexity index is 537. The van der Waals surface area contributed by atoms with Crippen LogP contribution < -0.4 is 5.32 Å². The molecule has 19 heavy (non-hydrogen) atoms. The topological polar surface area (TPSA) is 51.0 Å². The summed E-state index contributed by atoms with van der Waals surface area (Å²) in [6.45, 7) is 4.67. The van der Waals surface area contributed by atoms with Crippen LogP contribution in [0.3, 0.4) is 0 Å². The minimum Gasteiger partial charge on any atom is -0.340 e. The Hall–Kier alpha value is -1.20. The van der Waals surface area contributed by atoms with E-state index in [4.69, 9.17) is 4.52 Å². The monoisotopic (exact) mass is 277 g/mol. The predicted octanol–water partition coefficient (Wildman–Crippen LogP) is 3.17. The molecule has 102 valence electrons. The first kappa shape index (κ1) is 12.8. The summed E-state index contributed by atoms with van der Waals surface area (Å²) in [6, 6.07) is 2.72. The largest absolute Gasteiger partial charge is 0.340 e. The third-order valence-corrected chi connectivity index (χ3v) is 5.00. The van der Waals surface area contributed by atoms with E-state index in [0.717, 1.165) is 5.82 Å². The Morgan fingerprint density at radius 2 is 2.26 bits per heavy atom. The second-order valence-electron chi connectivity index (χ2n) is 5.14. The highest BCUT2D eigenvalue weighted by Gasteiger charge is 2.16. The van der Waals surface area contributed by atoms with E-state index in [1.807, 2.05) is 18.3 Å². The van der Waals surface area contributed by atoms with E-state index in [1.54, 1.807) is 10.4 Å². The normalized spacial score (nSPS) is 16.3. The summed E-state index contributed by atoms with van der Waals surface area (Å²) < 4.78 is 4.97. The number of fused-ring (bicyclic) bond motifs is 1. The van der Waals surface area contributed by atoms with Gasteiger partial charge in [0, 0.05) is 22.7 Å². The number of thiophene rings is 1. The molecular weight excluding hydrogens is 258 g/mol. The maximum Gasteiger partial charge on any atom is 0.223 e. The average Bonchev–Trinajstić information content (AvgIpc) is 3.01. The van der Waals surface area contributed by atoms with Crippen molar-refractivity contribution in [3.8, 4) is 0 Å². The molecule has 5 heteroatoms. The van der Waals surface area contributed by atoms with Crippen molar-refractivity contribution < 1.29 is 4.52 Å². The highest BCUT2D eigenvalue weighted by Crippen LogP contribution is 2.32. The van der Waals surface area contributed by atoms with E-state index in [-0.39, 0.29) is 0 Å². The summed E-state index contributed by atoms with van der Waals surface area (Å²) in [7, 11) is 0. The van der Waals surface area contributed by atoms with Crippen molar-refractivity contribution in [1.82, 2.24) is 15.5 Å². The van der Waals surface area contributed by atoms with Crippen molar-refractivity contribution in [1.29, 1.82) is 0 Å². The Labute approximate surface area is 117 Å². The molecule has 2 aromatic rings. The fourth-order valence-electron chi connectivity index (χ4n) is 2.49. The van der Waals surface area contributed by atoms with E-state index < -0.39 is 0 Å². The van der Waals surface area contributed by atoms with Gasteiger partial charge >= 0.3 is 0 Å². The maximum atomic E-state index is 4.97. The molecule has 0 fully saturated rings. The van der Waals surface area contributed by atoms with Crippen LogP contribution in [-0.2, 0) is 19.4 Å². The fourth-order valence-corrected chi connectivity index (χ4v) is 3.77. The second-order valence-corrected chi connectivity index (χ2v) is 6.30. The first-order valence-corrected chi connectivity index (χ1v) is 7.68. The standard InChI is InChI=1S/C14H19N3OS/c1-9(15-8-14-16-10(2)18-17-14)13-7-11-5-3-4-6-12(11)19-13/h7,9,15H,3-6,8H2,1-2H3. The van der Waals surface area contributed by atoms with Crippen LogP contribution in [0.2, 0.25) is 0 Å². The van der Waals surface area contributed by atoms with Gasteiger partial charge in [-0.25, -0.2) is 0 Å². The predicted molar refractivity (Wildman–Crippen MR) is 75.3 cm³/mol. The Morgan fingerprint density at radius 3 is 3.00 bits per heavy atom. The molecule has 1 N–H and O–H groups in total. The molecular formula is C14H19N3OS. The number of rotatable bonds is 4. The minimum absolute atomic E-state index is 0.342. The van der Waals surface area contributed by atoms with Crippen LogP contribution in [0, 0.1) is 6.92 Å². The molecule has 1 unspecified atom stereocenters. The number of hydrogen-bond donors (Lipinski definition) is 1. The van der Waals surface area contributed by atoms with Gasteiger partial charge in [0.05, 0.1) is 6.54 Å². The fraction of sp³-hybridized carbons (Fsp3) is 0.571. The number of hydrogen-bond acceptors (Lipinski definition) is 5. The van der Waals surface area contributed by atoms with Crippen molar-refractivity contribution >= 4 is 11.3 Å². The molecule has 0 radical (unpaired) electrons. The molecule has 1 atom stereocenters. The molecule has 0 bridgehead atoms. The van der Waals surface area contributed by atoms with Crippen LogP contribution >= 0.6 is 11.3 Å². The Balaban J connectivity index is 1.63. The molecule has 4 nitrogen and oxygen atoms in total. The van der Waals surface area contributed by atoms with Gasteiger partial charge in [-0.3, -0.25) is 0 Å². The third kappa shape index (κ3) is 2.87. The van der Waals surface area contributed by atoms with Gasteiger partial charge in [0.2, 0.25) is 5.89 Å². The van der Waals surface area contributed by atoms with Gasteiger partial charge in [0.25, 0.3) is 0 Å². The summed E-state index contributed by atoms with van der Waals surface area (Å²) in [5, 5.41) is 7.36. The van der Waals surface area contributed by atoms with Gasteiger partial charge in [-0.2, -0.15) is 4.98 Å². The first-order valence-electron chi connectivity index (χ1n) is 6.86. The molecule has 2 aromatic heterocycles. The quantitative estimate of drug-likeness (QED) is 0.932. The first-order chi connectivity index (χ1) is 9.22. The van der Waals surface area contributed by atoms with Crippen LogP contribution in [-0.4, -0.2) is 10.1 Å². The third-order valence-electron chi connectivity index (χ3n) is 3.58. The van der Waals surface area contributed by atoms with Crippen LogP contribution in [0.15, 0.2) is 10.6 Å². The lowest BCUT2D eigenvalue weighted by Crippen LogP contribution is -2.18. The average molecular weight is 277 g/mol. The summed E-state index contributed by atoms with van der Waals surface area (Å²) in [5.74, 6) is 1.35. The molecule has 0 amide bonds.